The van der Waals surface area contributed by atoms with Crippen molar-refractivity contribution in [2.24, 2.45) is 0 Å². The third-order valence-electron chi connectivity index (χ3n) is 3.30. The summed E-state index contributed by atoms with van der Waals surface area (Å²) in [7, 11) is 0. The number of aryl methyl sites for hydroxylation is 2. The quantitative estimate of drug-likeness (QED) is 0.790. The number of halogens is 2. The van der Waals surface area contributed by atoms with Crippen molar-refractivity contribution >= 4 is 23.3 Å². The molecule has 24 heavy (non-hydrogen) atoms. The van der Waals surface area contributed by atoms with Crippen LogP contribution in [0.15, 0.2) is 36.7 Å². The summed E-state index contributed by atoms with van der Waals surface area (Å²) in [5.74, 6) is -0.183. The first-order valence-electron chi connectivity index (χ1n) is 7.06. The molecule has 1 aromatic carbocycles. The lowest BCUT2D eigenvalue weighted by Crippen LogP contribution is -2.14. The fourth-order valence-electron chi connectivity index (χ4n) is 2.25. The highest BCUT2D eigenvalue weighted by molar-refractivity contribution is 6.34. The van der Waals surface area contributed by atoms with Crippen LogP contribution < -0.4 is 5.32 Å². The maximum Gasteiger partial charge on any atom is 0.258 e. The first kappa shape index (κ1) is 16.1. The lowest BCUT2D eigenvalue weighted by Gasteiger charge is -2.08. The highest BCUT2D eigenvalue weighted by atomic mass is 35.5. The lowest BCUT2D eigenvalue weighted by atomic mass is 10.2. The third-order valence-corrected chi connectivity index (χ3v) is 3.61. The van der Waals surface area contributed by atoms with E-state index in [1.165, 1.54) is 18.5 Å². The van der Waals surface area contributed by atoms with E-state index in [1.54, 1.807) is 10.7 Å². The molecule has 8 heteroatoms. The van der Waals surface area contributed by atoms with Gasteiger partial charge in [-0.1, -0.05) is 11.6 Å². The van der Waals surface area contributed by atoms with Crippen LogP contribution in [-0.2, 0) is 0 Å². The summed E-state index contributed by atoms with van der Waals surface area (Å²) < 4.78 is 14.7. The van der Waals surface area contributed by atoms with Crippen LogP contribution in [0.25, 0.3) is 5.82 Å². The number of nitrogens with zero attached hydrogens (tertiary/aromatic N) is 4. The summed E-state index contributed by atoms with van der Waals surface area (Å²) in [6.07, 6.45) is 1.33. The van der Waals surface area contributed by atoms with Crippen LogP contribution in [0.5, 0.6) is 0 Å². The number of carbonyl (C=O) groups excluding carboxylic acids is 1. The van der Waals surface area contributed by atoms with Gasteiger partial charge in [-0.3, -0.25) is 4.79 Å². The highest BCUT2D eigenvalue weighted by Gasteiger charge is 2.13. The van der Waals surface area contributed by atoms with Crippen LogP contribution >= 0.6 is 11.6 Å². The van der Waals surface area contributed by atoms with Gasteiger partial charge < -0.3 is 5.32 Å². The second kappa shape index (κ2) is 6.37. The maximum atomic E-state index is 13.1. The predicted octanol–water partition coefficient (Wildman–Crippen LogP) is 3.32. The zero-order valence-corrected chi connectivity index (χ0v) is 13.7. The van der Waals surface area contributed by atoms with E-state index in [0.717, 1.165) is 17.5 Å². The molecular weight excluding hydrogens is 333 g/mol. The molecule has 2 heterocycles. The monoisotopic (exact) mass is 345 g/mol. The average Bonchev–Trinajstić information content (AvgIpc) is 2.86. The van der Waals surface area contributed by atoms with E-state index in [-0.39, 0.29) is 16.4 Å². The van der Waals surface area contributed by atoms with Crippen molar-refractivity contribution in [1.82, 2.24) is 19.7 Å². The number of benzene rings is 1. The van der Waals surface area contributed by atoms with Gasteiger partial charge in [-0.15, -0.1) is 0 Å². The van der Waals surface area contributed by atoms with Gasteiger partial charge in [0.25, 0.3) is 5.91 Å². The Morgan fingerprint density at radius 3 is 2.67 bits per heavy atom. The number of carbonyl (C=O) groups is 1. The Morgan fingerprint density at radius 1 is 1.21 bits per heavy atom. The Balaban J connectivity index is 1.87. The molecule has 0 bridgehead atoms. The second-order valence-corrected chi connectivity index (χ2v) is 5.59. The van der Waals surface area contributed by atoms with Crippen LogP contribution in [0, 0.1) is 19.7 Å². The summed E-state index contributed by atoms with van der Waals surface area (Å²) >= 11 is 5.89. The molecule has 0 aliphatic heterocycles. The van der Waals surface area contributed by atoms with E-state index in [2.05, 4.69) is 20.4 Å². The summed E-state index contributed by atoms with van der Waals surface area (Å²) in [6, 6.07) is 7.07. The molecule has 3 rings (SSSR count). The van der Waals surface area contributed by atoms with Gasteiger partial charge in [-0.05, 0) is 38.1 Å². The molecule has 2 aromatic heterocycles. The summed E-state index contributed by atoms with van der Waals surface area (Å²) in [5.41, 5.74) is 1.92. The number of nitrogens with one attached hydrogen (secondary N) is 1. The molecule has 0 unspecified atom stereocenters. The van der Waals surface area contributed by atoms with E-state index >= 15 is 0 Å². The van der Waals surface area contributed by atoms with Crippen molar-refractivity contribution in [1.29, 1.82) is 0 Å². The van der Waals surface area contributed by atoms with Crippen molar-refractivity contribution in [3.8, 4) is 5.82 Å². The number of aromatic nitrogens is 4. The van der Waals surface area contributed by atoms with Gasteiger partial charge in [0.05, 0.1) is 16.3 Å². The number of amides is 1. The van der Waals surface area contributed by atoms with Gasteiger partial charge in [-0.2, -0.15) is 5.10 Å². The van der Waals surface area contributed by atoms with Gasteiger partial charge in [0.1, 0.15) is 18.0 Å². The first-order chi connectivity index (χ1) is 11.4. The van der Waals surface area contributed by atoms with E-state index in [1.807, 2.05) is 19.9 Å². The molecule has 0 saturated carbocycles. The Kier molecular flexibility index (Phi) is 4.26. The third kappa shape index (κ3) is 3.26. The van der Waals surface area contributed by atoms with Crippen LogP contribution in [0.4, 0.5) is 10.2 Å². The summed E-state index contributed by atoms with van der Waals surface area (Å²) in [5, 5.41) is 6.98. The standard InChI is InChI=1S/C16H13ClFN5O/c1-9-5-10(2)23(22-9)15-7-14(19-8-20-15)21-16(24)12-4-3-11(18)6-13(12)17/h3-8H,1-2H3,(H,19,20,21,24). The van der Waals surface area contributed by atoms with Crippen LogP contribution in [-0.4, -0.2) is 25.7 Å². The first-order valence-corrected chi connectivity index (χ1v) is 7.44. The minimum atomic E-state index is -0.509. The van der Waals surface area contributed by atoms with Gasteiger partial charge in [0.15, 0.2) is 5.82 Å². The Morgan fingerprint density at radius 2 is 2.00 bits per heavy atom. The topological polar surface area (TPSA) is 72.7 Å². The van der Waals surface area contributed by atoms with E-state index in [4.69, 9.17) is 11.6 Å². The van der Waals surface area contributed by atoms with Crippen molar-refractivity contribution in [2.75, 3.05) is 5.32 Å². The second-order valence-electron chi connectivity index (χ2n) is 5.18. The minimum absolute atomic E-state index is 0.0281. The fourth-order valence-corrected chi connectivity index (χ4v) is 2.50. The smallest absolute Gasteiger partial charge is 0.258 e. The van der Waals surface area contributed by atoms with E-state index in [0.29, 0.717) is 5.82 Å². The van der Waals surface area contributed by atoms with E-state index < -0.39 is 11.7 Å². The molecule has 0 radical (unpaired) electrons. The lowest BCUT2D eigenvalue weighted by molar-refractivity contribution is 0.102. The zero-order chi connectivity index (χ0) is 17.3. The molecule has 6 nitrogen and oxygen atoms in total. The molecule has 0 aliphatic carbocycles. The van der Waals surface area contributed by atoms with Gasteiger partial charge in [-0.25, -0.2) is 19.0 Å². The van der Waals surface area contributed by atoms with Gasteiger partial charge in [0, 0.05) is 11.8 Å². The number of hydrogen-bond donors (Lipinski definition) is 1. The molecular formula is C16H13ClFN5O. The summed E-state index contributed by atoms with van der Waals surface area (Å²) in [6.45, 7) is 3.78. The van der Waals surface area contributed by atoms with Crippen LogP contribution in [0.2, 0.25) is 5.02 Å². The largest absolute Gasteiger partial charge is 0.306 e. The molecule has 1 N–H and O–H groups in total. The van der Waals surface area contributed by atoms with Gasteiger partial charge >= 0.3 is 0 Å². The SMILES string of the molecule is Cc1cc(C)n(-c2cc(NC(=O)c3ccc(F)cc3Cl)ncn2)n1. The average molecular weight is 346 g/mol. The Hall–Kier alpha value is -2.80. The zero-order valence-electron chi connectivity index (χ0n) is 12.9. The number of anilines is 1. The van der Waals surface area contributed by atoms with Crippen LogP contribution in [0.1, 0.15) is 21.7 Å². The van der Waals surface area contributed by atoms with Crippen molar-refractivity contribution < 1.29 is 9.18 Å². The van der Waals surface area contributed by atoms with Crippen molar-refractivity contribution in [3.05, 3.63) is 64.5 Å². The number of rotatable bonds is 3. The molecule has 0 saturated heterocycles. The Labute approximate surface area is 142 Å². The molecule has 0 atom stereocenters. The molecule has 0 spiro atoms. The molecule has 122 valence electrons. The highest BCUT2D eigenvalue weighted by Crippen LogP contribution is 2.19. The summed E-state index contributed by atoms with van der Waals surface area (Å²) in [4.78, 5) is 20.4. The molecule has 1 amide bonds. The Bertz CT molecular complexity index is 925. The number of hydrogen-bond acceptors (Lipinski definition) is 4. The molecule has 3 aromatic rings. The van der Waals surface area contributed by atoms with E-state index in [9.17, 15) is 9.18 Å². The van der Waals surface area contributed by atoms with Crippen molar-refractivity contribution in [2.45, 2.75) is 13.8 Å². The fraction of sp³-hybridized carbons (Fsp3) is 0.125. The molecule has 0 fully saturated rings. The normalized spacial score (nSPS) is 10.7. The molecule has 0 aliphatic rings. The van der Waals surface area contributed by atoms with Gasteiger partial charge in [0.2, 0.25) is 0 Å². The predicted molar refractivity (Wildman–Crippen MR) is 88.0 cm³/mol. The minimum Gasteiger partial charge on any atom is -0.306 e. The maximum absolute atomic E-state index is 13.1. The van der Waals surface area contributed by atoms with Crippen LogP contribution in [0.3, 0.4) is 0 Å². The van der Waals surface area contributed by atoms with Crippen molar-refractivity contribution in [3.63, 3.8) is 0 Å².